The highest BCUT2D eigenvalue weighted by atomic mass is 35.5. The zero-order valence-electron chi connectivity index (χ0n) is 14.4. The Morgan fingerprint density at radius 1 is 1.40 bits per heavy atom. The minimum absolute atomic E-state index is 0.0693. The summed E-state index contributed by atoms with van der Waals surface area (Å²) in [6.45, 7) is 6.49. The number of nitrogens with zero attached hydrogens (tertiary/aromatic N) is 1. The normalized spacial score (nSPS) is 16.0. The van der Waals surface area contributed by atoms with Gasteiger partial charge in [-0.2, -0.15) is 0 Å². The maximum absolute atomic E-state index is 12.3. The summed E-state index contributed by atoms with van der Waals surface area (Å²) in [5.41, 5.74) is 1.47. The van der Waals surface area contributed by atoms with E-state index in [4.69, 9.17) is 16.3 Å². The van der Waals surface area contributed by atoms with Crippen LogP contribution in [0.2, 0.25) is 5.02 Å². The number of carbonyl (C=O) groups is 1. The van der Waals surface area contributed by atoms with Crippen LogP contribution in [0, 0.1) is 12.8 Å². The molecule has 0 spiro atoms. The van der Waals surface area contributed by atoms with Crippen molar-refractivity contribution in [1.82, 2.24) is 4.57 Å². The molecule has 1 aromatic heterocycles. The van der Waals surface area contributed by atoms with Crippen molar-refractivity contribution in [2.75, 3.05) is 6.61 Å². The molecular weight excluding hydrogens is 342 g/mol. The lowest BCUT2D eigenvalue weighted by Crippen LogP contribution is -2.23. The zero-order chi connectivity index (χ0) is 18.3. The summed E-state index contributed by atoms with van der Waals surface area (Å²) in [5.74, 6) is -0.180. The summed E-state index contributed by atoms with van der Waals surface area (Å²) < 4.78 is 7.84. The van der Waals surface area contributed by atoms with E-state index >= 15 is 0 Å². The van der Waals surface area contributed by atoms with Gasteiger partial charge in [-0.1, -0.05) is 25.4 Å². The van der Waals surface area contributed by atoms with Gasteiger partial charge in [-0.3, -0.25) is 4.79 Å². The first-order valence-corrected chi connectivity index (χ1v) is 8.58. The predicted molar refractivity (Wildman–Crippen MR) is 96.8 cm³/mol. The van der Waals surface area contributed by atoms with Gasteiger partial charge in [0.05, 0.1) is 11.7 Å². The van der Waals surface area contributed by atoms with Crippen molar-refractivity contribution in [2.24, 2.45) is 5.92 Å². The Labute approximate surface area is 150 Å². The van der Waals surface area contributed by atoms with Crippen LogP contribution >= 0.6 is 11.6 Å². The van der Waals surface area contributed by atoms with Crippen molar-refractivity contribution in [3.63, 3.8) is 0 Å². The van der Waals surface area contributed by atoms with Gasteiger partial charge in [-0.05, 0) is 37.0 Å². The molecule has 2 aromatic rings. The number of hydrogen-bond donors (Lipinski definition) is 1. The molecule has 1 aliphatic heterocycles. The molecule has 5 nitrogen and oxygen atoms in total. The Kier molecular flexibility index (Phi) is 4.60. The average molecular weight is 362 g/mol. The number of ether oxygens (including phenoxy) is 1. The van der Waals surface area contributed by atoms with Crippen molar-refractivity contribution in [1.29, 1.82) is 0 Å². The first-order chi connectivity index (χ1) is 11.8. The van der Waals surface area contributed by atoms with Crippen LogP contribution in [0.1, 0.15) is 42.2 Å². The zero-order valence-corrected chi connectivity index (χ0v) is 15.1. The molecule has 0 saturated heterocycles. The molecule has 2 heterocycles. The van der Waals surface area contributed by atoms with Crippen molar-refractivity contribution in [3.05, 3.63) is 50.8 Å². The molecule has 0 saturated carbocycles. The van der Waals surface area contributed by atoms with E-state index in [9.17, 15) is 14.7 Å². The molecule has 132 valence electrons. The third-order valence-electron chi connectivity index (χ3n) is 4.41. The highest BCUT2D eigenvalue weighted by molar-refractivity contribution is 6.31. The molecule has 1 atom stereocenters. The van der Waals surface area contributed by atoms with Crippen LogP contribution in [-0.4, -0.2) is 22.2 Å². The number of rotatable bonds is 3. The third-order valence-corrected chi connectivity index (χ3v) is 4.82. The second-order valence-electron chi connectivity index (χ2n) is 6.84. The second kappa shape index (κ2) is 6.56. The molecule has 0 amide bonds. The van der Waals surface area contributed by atoms with Crippen LogP contribution < -0.4 is 10.2 Å². The number of carboxylic acid groups (broad SMARTS) is 1. The third kappa shape index (κ3) is 3.29. The highest BCUT2D eigenvalue weighted by Gasteiger charge is 2.26. The van der Waals surface area contributed by atoms with Crippen LogP contribution in [0.3, 0.4) is 0 Å². The lowest BCUT2D eigenvalue weighted by molar-refractivity contribution is 0.0694. The van der Waals surface area contributed by atoms with Crippen molar-refractivity contribution < 1.29 is 14.6 Å². The SMILES string of the molecule is Cc1cc2c(cc1Cl)-c1cc(=O)c(C(=O)O)cn1[C@@H](CC(C)C)CO2. The van der Waals surface area contributed by atoms with Crippen molar-refractivity contribution in [3.8, 4) is 17.0 Å². The van der Waals surface area contributed by atoms with E-state index in [1.165, 1.54) is 12.3 Å². The Morgan fingerprint density at radius 3 is 2.76 bits per heavy atom. The smallest absolute Gasteiger partial charge is 0.341 e. The fraction of sp³-hybridized carbons (Fsp3) is 0.368. The van der Waals surface area contributed by atoms with E-state index in [2.05, 4.69) is 13.8 Å². The Bertz CT molecular complexity index is 901. The first kappa shape index (κ1) is 17.5. The van der Waals surface area contributed by atoms with Gasteiger partial charge in [-0.25, -0.2) is 4.79 Å². The molecule has 1 N–H and O–H groups in total. The van der Waals surface area contributed by atoms with Gasteiger partial charge in [-0.15, -0.1) is 0 Å². The summed E-state index contributed by atoms with van der Waals surface area (Å²) in [6.07, 6.45) is 2.23. The van der Waals surface area contributed by atoms with E-state index < -0.39 is 11.4 Å². The number of aryl methyl sites for hydroxylation is 1. The number of pyridine rings is 1. The molecule has 0 radical (unpaired) electrons. The van der Waals surface area contributed by atoms with Gasteiger partial charge in [0.2, 0.25) is 0 Å². The van der Waals surface area contributed by atoms with Gasteiger partial charge >= 0.3 is 5.97 Å². The van der Waals surface area contributed by atoms with Gasteiger partial charge in [0, 0.05) is 22.8 Å². The molecule has 3 rings (SSSR count). The van der Waals surface area contributed by atoms with Gasteiger partial charge < -0.3 is 14.4 Å². The molecule has 0 unspecified atom stereocenters. The number of carboxylic acids is 1. The van der Waals surface area contributed by atoms with Crippen LogP contribution in [0.5, 0.6) is 5.75 Å². The van der Waals surface area contributed by atoms with E-state index in [0.717, 1.165) is 12.0 Å². The lowest BCUT2D eigenvalue weighted by Gasteiger charge is -2.22. The van der Waals surface area contributed by atoms with Crippen molar-refractivity contribution >= 4 is 17.6 Å². The largest absolute Gasteiger partial charge is 0.491 e. The Balaban J connectivity index is 2.29. The molecule has 0 fully saturated rings. The number of aromatic carboxylic acids is 1. The van der Waals surface area contributed by atoms with E-state index in [1.54, 1.807) is 6.07 Å². The molecule has 25 heavy (non-hydrogen) atoms. The molecule has 0 bridgehead atoms. The average Bonchev–Trinajstić information content (AvgIpc) is 2.65. The van der Waals surface area contributed by atoms with E-state index in [1.807, 2.05) is 17.6 Å². The maximum atomic E-state index is 12.3. The lowest BCUT2D eigenvalue weighted by atomic mass is 10.0. The predicted octanol–water partition coefficient (Wildman–Crippen LogP) is 4.15. The van der Waals surface area contributed by atoms with Crippen molar-refractivity contribution in [2.45, 2.75) is 33.2 Å². The van der Waals surface area contributed by atoms with Crippen LogP contribution in [0.15, 0.2) is 29.2 Å². The van der Waals surface area contributed by atoms with Gasteiger partial charge in [0.15, 0.2) is 5.43 Å². The monoisotopic (exact) mass is 361 g/mol. The number of benzene rings is 1. The Hall–Kier alpha value is -2.27. The molecule has 6 heteroatoms. The highest BCUT2D eigenvalue weighted by Crippen LogP contribution is 2.39. The number of hydrogen-bond acceptors (Lipinski definition) is 3. The van der Waals surface area contributed by atoms with E-state index in [-0.39, 0.29) is 11.6 Å². The topological polar surface area (TPSA) is 68.5 Å². The van der Waals surface area contributed by atoms with Crippen LogP contribution in [-0.2, 0) is 0 Å². The fourth-order valence-electron chi connectivity index (χ4n) is 3.19. The Morgan fingerprint density at radius 2 is 2.12 bits per heavy atom. The number of halogens is 1. The summed E-state index contributed by atoms with van der Waals surface area (Å²) in [6, 6.07) is 4.93. The molecule has 1 aromatic carbocycles. The fourth-order valence-corrected chi connectivity index (χ4v) is 3.36. The summed E-state index contributed by atoms with van der Waals surface area (Å²) in [7, 11) is 0. The first-order valence-electron chi connectivity index (χ1n) is 8.20. The molecule has 0 aliphatic carbocycles. The minimum Gasteiger partial charge on any atom is -0.491 e. The van der Waals surface area contributed by atoms with E-state index in [0.29, 0.717) is 34.6 Å². The summed E-state index contributed by atoms with van der Waals surface area (Å²) in [4.78, 5) is 23.7. The number of aromatic nitrogens is 1. The molecular formula is C19H20ClNO4. The van der Waals surface area contributed by atoms with Crippen LogP contribution in [0.4, 0.5) is 0 Å². The second-order valence-corrected chi connectivity index (χ2v) is 7.25. The summed E-state index contributed by atoms with van der Waals surface area (Å²) in [5, 5.41) is 9.89. The quantitative estimate of drug-likeness (QED) is 0.891. The standard InChI is InChI=1S/C19H20ClNO4/c1-10(2)4-12-9-25-18-5-11(3)15(20)6-13(18)16-7-17(22)14(19(23)24)8-21(12)16/h5-8,10,12H,4,9H2,1-3H3,(H,23,24)/t12-/m0/s1. The molecule has 1 aliphatic rings. The number of fused-ring (bicyclic) bond motifs is 3. The van der Waals surface area contributed by atoms with Gasteiger partial charge in [0.25, 0.3) is 0 Å². The minimum atomic E-state index is -1.23. The van der Waals surface area contributed by atoms with Gasteiger partial charge in [0.1, 0.15) is 17.9 Å². The maximum Gasteiger partial charge on any atom is 0.341 e. The van der Waals surface area contributed by atoms with Crippen LogP contribution in [0.25, 0.3) is 11.3 Å². The summed E-state index contributed by atoms with van der Waals surface area (Å²) >= 11 is 6.27.